The number of aliphatic hydroxyl groups is 1. The number of rotatable bonds is 8. The molecule has 1 aromatic heterocycles. The summed E-state index contributed by atoms with van der Waals surface area (Å²) in [7, 11) is 0. The molecule has 0 spiro atoms. The first kappa shape index (κ1) is 29.1. The van der Waals surface area contributed by atoms with Crippen LogP contribution in [0.4, 0.5) is 5.69 Å². The molecule has 41 heavy (non-hydrogen) atoms. The van der Waals surface area contributed by atoms with E-state index in [0.717, 1.165) is 27.3 Å². The summed E-state index contributed by atoms with van der Waals surface area (Å²) in [6, 6.07) is 11.5. The molecule has 2 aliphatic rings. The zero-order valence-corrected chi connectivity index (χ0v) is 25.1. The number of nitrogens with zero attached hydrogens (tertiary/aromatic N) is 5. The summed E-state index contributed by atoms with van der Waals surface area (Å²) in [6.07, 6.45) is -0.697. The number of β-amino-alcohol motifs (C(OH)–C–C–N with tert-alkyl or cyclic N) is 1. The maximum atomic E-state index is 13.9. The molecule has 10 nitrogen and oxygen atoms in total. The molecule has 12 heteroatoms. The van der Waals surface area contributed by atoms with Crippen molar-refractivity contribution in [2.75, 3.05) is 6.54 Å². The molecule has 210 valence electrons. The highest BCUT2D eigenvalue weighted by Crippen LogP contribution is 2.36. The molecule has 1 saturated heterocycles. The number of aromatic nitrogens is 1. The van der Waals surface area contributed by atoms with Crippen molar-refractivity contribution in [2.24, 2.45) is 15.1 Å². The maximum Gasteiger partial charge on any atom is 0.386 e. The van der Waals surface area contributed by atoms with E-state index in [0.29, 0.717) is 17.8 Å². The number of likely N-dealkylation sites (tertiary alicyclic amines) is 1. The SMILES string of the molecule is Cc1ncsc1-c1ccc(CNC(=O)[C@@H]2C[C@@H](O)CN2C(=O)[C@H](C(C)C)N2Cc3ccccc3C2=O)cc1N=[N][Al]. The third-order valence-electron chi connectivity index (χ3n) is 7.62. The van der Waals surface area contributed by atoms with Gasteiger partial charge in [-0.2, -0.15) is 5.11 Å². The van der Waals surface area contributed by atoms with Gasteiger partial charge >= 0.3 is 16.5 Å². The van der Waals surface area contributed by atoms with Gasteiger partial charge in [-0.15, -0.1) is 11.3 Å². The van der Waals surface area contributed by atoms with Crippen molar-refractivity contribution in [1.82, 2.24) is 20.1 Å². The number of carbonyl (C=O) groups is 3. The van der Waals surface area contributed by atoms with Gasteiger partial charge in [0.15, 0.2) is 0 Å². The van der Waals surface area contributed by atoms with Crippen molar-refractivity contribution in [3.05, 3.63) is 70.4 Å². The van der Waals surface area contributed by atoms with Crippen LogP contribution >= 0.6 is 11.3 Å². The summed E-state index contributed by atoms with van der Waals surface area (Å²) in [6.45, 7) is 6.30. The molecule has 3 atom stereocenters. The quantitative estimate of drug-likeness (QED) is 0.308. The number of carbonyl (C=O) groups excluding carboxylic acids is 3. The fourth-order valence-electron chi connectivity index (χ4n) is 5.65. The van der Waals surface area contributed by atoms with Gasteiger partial charge in [0.05, 0.1) is 27.9 Å². The standard InChI is InChI=1S/C29H31N6O4S.Al/c1-16(2)25(35-13-19-6-4-5-7-21(19)28(35)38)29(39)34-14-20(36)11-24(34)27(37)31-12-18-8-9-22(23(10-18)33-30)26-17(3)32-15-40-26;/h4-10,15-16,20,24-25,36H,11-14H2,1-3H3,(H,31,37);/q-1;+1/t20-,24+,25+;/m1./s1. The van der Waals surface area contributed by atoms with Crippen molar-refractivity contribution in [2.45, 2.75) is 58.5 Å². The van der Waals surface area contributed by atoms with E-state index in [1.165, 1.54) is 16.2 Å². The van der Waals surface area contributed by atoms with Gasteiger partial charge in [-0.1, -0.05) is 44.2 Å². The fraction of sp³-hybridized carbons (Fsp3) is 0.379. The normalized spacial score (nSPS) is 19.3. The van der Waals surface area contributed by atoms with Crippen LogP contribution in [0.25, 0.3) is 10.4 Å². The molecule has 2 radical (unpaired) electrons. The number of benzene rings is 2. The average molecular weight is 587 g/mol. The first-order valence-electron chi connectivity index (χ1n) is 13.5. The predicted octanol–water partition coefficient (Wildman–Crippen LogP) is 3.54. The Labute approximate surface area is 251 Å². The molecule has 3 aromatic rings. The van der Waals surface area contributed by atoms with E-state index in [1.54, 1.807) is 16.5 Å². The summed E-state index contributed by atoms with van der Waals surface area (Å²) >= 11 is 3.75. The second-order valence-electron chi connectivity index (χ2n) is 10.7. The zero-order chi connectivity index (χ0) is 29.3. The van der Waals surface area contributed by atoms with Crippen LogP contribution in [-0.4, -0.2) is 78.9 Å². The molecule has 3 amide bonds. The molecule has 2 aliphatic heterocycles. The van der Waals surface area contributed by atoms with E-state index in [4.69, 9.17) is 0 Å². The lowest BCUT2D eigenvalue weighted by Crippen LogP contribution is -2.55. The van der Waals surface area contributed by atoms with Gasteiger partial charge in [-0.3, -0.25) is 14.4 Å². The van der Waals surface area contributed by atoms with Crippen LogP contribution in [0.5, 0.6) is 0 Å². The minimum atomic E-state index is -0.843. The van der Waals surface area contributed by atoms with Gasteiger partial charge in [0.1, 0.15) is 12.1 Å². The summed E-state index contributed by atoms with van der Waals surface area (Å²) in [5.74, 6) is -1.06. The third-order valence-corrected chi connectivity index (χ3v) is 8.70. The molecule has 2 aromatic carbocycles. The highest BCUT2D eigenvalue weighted by atomic mass is 32.1. The molecule has 5 rings (SSSR count). The van der Waals surface area contributed by atoms with Gasteiger partial charge in [0, 0.05) is 37.2 Å². The molecular weight excluding hydrogens is 555 g/mol. The minimum Gasteiger partial charge on any atom is -0.391 e. The van der Waals surface area contributed by atoms with Crippen LogP contribution < -0.4 is 5.32 Å². The average Bonchev–Trinajstić information content (AvgIpc) is 3.65. The Balaban J connectivity index is 1.31. The first-order chi connectivity index (χ1) is 19.7. The van der Waals surface area contributed by atoms with E-state index >= 15 is 0 Å². The molecule has 2 N–H and O–H groups in total. The largest absolute Gasteiger partial charge is 0.391 e. The maximum absolute atomic E-state index is 13.9. The van der Waals surface area contributed by atoms with E-state index in [-0.39, 0.29) is 43.1 Å². The predicted molar refractivity (Wildman–Crippen MR) is 155 cm³/mol. The van der Waals surface area contributed by atoms with Crippen molar-refractivity contribution < 1.29 is 19.5 Å². The number of thiazole rings is 1. The number of aliphatic hydroxyl groups excluding tert-OH is 1. The van der Waals surface area contributed by atoms with E-state index in [1.807, 2.05) is 57.2 Å². The molecule has 1 fully saturated rings. The zero-order valence-electron chi connectivity index (χ0n) is 23.2. The highest BCUT2D eigenvalue weighted by Gasteiger charge is 2.45. The van der Waals surface area contributed by atoms with Gasteiger partial charge in [0.2, 0.25) is 11.8 Å². The Bertz CT molecular complexity index is 1510. The van der Waals surface area contributed by atoms with Crippen molar-refractivity contribution in [1.29, 1.82) is 0 Å². The Kier molecular flexibility index (Phi) is 8.66. The second-order valence-corrected chi connectivity index (χ2v) is 11.8. The number of hydrogen-bond acceptors (Lipinski definition) is 8. The van der Waals surface area contributed by atoms with Crippen molar-refractivity contribution in [3.8, 4) is 10.4 Å². The highest BCUT2D eigenvalue weighted by molar-refractivity contribution is 7.13. The van der Waals surface area contributed by atoms with Crippen LogP contribution in [0.3, 0.4) is 0 Å². The minimum absolute atomic E-state index is 0.0384. The Morgan fingerprint density at radius 2 is 2.00 bits per heavy atom. The van der Waals surface area contributed by atoms with Crippen LogP contribution in [0, 0.1) is 12.8 Å². The van der Waals surface area contributed by atoms with Crippen LogP contribution in [-0.2, 0) is 22.7 Å². The van der Waals surface area contributed by atoms with Crippen LogP contribution in [0.2, 0.25) is 0 Å². The van der Waals surface area contributed by atoms with Crippen molar-refractivity contribution in [3.63, 3.8) is 0 Å². The molecule has 0 unspecified atom stereocenters. The summed E-state index contributed by atoms with van der Waals surface area (Å²) in [5, 5.41) is 17.7. The lowest BCUT2D eigenvalue weighted by atomic mass is 10.0. The van der Waals surface area contributed by atoms with E-state index in [9.17, 15) is 19.5 Å². The summed E-state index contributed by atoms with van der Waals surface area (Å²) in [4.78, 5) is 48.9. The number of amides is 3. The number of aryl methyl sites for hydroxylation is 1. The van der Waals surface area contributed by atoms with Gasteiger partial charge in [-0.05, 0) is 36.1 Å². The number of hydrogen-bond donors (Lipinski definition) is 2. The smallest absolute Gasteiger partial charge is 0.386 e. The second kappa shape index (κ2) is 12.2. The Morgan fingerprint density at radius 3 is 2.68 bits per heavy atom. The third kappa shape index (κ3) is 5.83. The Morgan fingerprint density at radius 1 is 1.22 bits per heavy atom. The first-order valence-corrected chi connectivity index (χ1v) is 14.9. The van der Waals surface area contributed by atoms with Gasteiger partial charge in [0.25, 0.3) is 5.91 Å². The number of nitrogens with one attached hydrogen (secondary N) is 1. The van der Waals surface area contributed by atoms with Crippen LogP contribution in [0.15, 0.2) is 57.2 Å². The molecule has 3 heterocycles. The molecule has 0 aliphatic carbocycles. The summed E-state index contributed by atoms with van der Waals surface area (Å²) in [5.41, 5.74) is 6.53. The van der Waals surface area contributed by atoms with Crippen LogP contribution in [0.1, 0.15) is 47.4 Å². The lowest BCUT2D eigenvalue weighted by Gasteiger charge is -2.35. The van der Waals surface area contributed by atoms with Gasteiger partial charge < -0.3 is 24.3 Å². The number of fused-ring (bicyclic) bond motifs is 1. The monoisotopic (exact) mass is 586 g/mol. The van der Waals surface area contributed by atoms with Crippen molar-refractivity contribution >= 4 is 51.3 Å². The summed E-state index contributed by atoms with van der Waals surface area (Å²) < 4.78 is 3.86. The van der Waals surface area contributed by atoms with E-state index < -0.39 is 18.2 Å². The topological polar surface area (TPSA) is 128 Å². The fourth-order valence-corrected chi connectivity index (χ4v) is 6.61. The Hall–Kier alpha value is -3.43. The van der Waals surface area contributed by atoms with E-state index in [2.05, 4.69) is 36.0 Å². The van der Waals surface area contributed by atoms with Gasteiger partial charge in [-0.25, -0.2) is 4.98 Å². The lowest BCUT2D eigenvalue weighted by molar-refractivity contribution is -0.143. The molecule has 0 saturated carbocycles. The molecular formula is C29H31AlN6O4S. The molecule has 0 bridgehead atoms.